The summed E-state index contributed by atoms with van der Waals surface area (Å²) in [6.45, 7) is 3.40. The Kier molecular flexibility index (Phi) is 5.91. The first-order valence-electron chi connectivity index (χ1n) is 10.2. The van der Waals surface area contributed by atoms with Crippen LogP contribution in [0.25, 0.3) is 0 Å². The molecule has 0 unspecified atom stereocenters. The van der Waals surface area contributed by atoms with Crippen LogP contribution in [0.15, 0.2) is 42.5 Å². The number of halogens is 1. The van der Waals surface area contributed by atoms with Crippen molar-refractivity contribution >= 4 is 5.91 Å². The Morgan fingerprint density at radius 3 is 2.61 bits per heavy atom. The summed E-state index contributed by atoms with van der Waals surface area (Å²) in [5, 5.41) is 2.98. The standard InChI is InChI=1S/C23H27FN2O2/c24-21-9-10-22(20-8-4-7-19(20)21)28-18-11-14-26(15-12-18)16-13-25-23(27)17-5-2-1-3-6-17/h1-3,5-6,9-10,18H,4,7-8,11-16H2,(H,25,27). The highest BCUT2D eigenvalue weighted by atomic mass is 19.1. The van der Waals surface area contributed by atoms with Gasteiger partial charge < -0.3 is 15.0 Å². The van der Waals surface area contributed by atoms with Gasteiger partial charge in [-0.3, -0.25) is 4.79 Å². The van der Waals surface area contributed by atoms with E-state index in [0.29, 0.717) is 12.1 Å². The second-order valence-electron chi connectivity index (χ2n) is 7.64. The van der Waals surface area contributed by atoms with Crippen molar-refractivity contribution in [2.24, 2.45) is 0 Å². The summed E-state index contributed by atoms with van der Waals surface area (Å²) in [6, 6.07) is 12.6. The van der Waals surface area contributed by atoms with Crippen molar-refractivity contribution < 1.29 is 13.9 Å². The first-order chi connectivity index (χ1) is 13.7. The van der Waals surface area contributed by atoms with Crippen molar-refractivity contribution in [3.05, 3.63) is 65.0 Å². The molecule has 1 heterocycles. The largest absolute Gasteiger partial charge is 0.490 e. The fraction of sp³-hybridized carbons (Fsp3) is 0.435. The molecule has 0 atom stereocenters. The molecule has 28 heavy (non-hydrogen) atoms. The summed E-state index contributed by atoms with van der Waals surface area (Å²) in [5.74, 6) is 0.763. The van der Waals surface area contributed by atoms with Gasteiger partial charge in [0, 0.05) is 37.3 Å². The van der Waals surface area contributed by atoms with Crippen LogP contribution in [0.2, 0.25) is 0 Å². The van der Waals surface area contributed by atoms with Crippen LogP contribution >= 0.6 is 0 Å². The average molecular weight is 382 g/mol. The molecule has 2 aromatic rings. The number of rotatable bonds is 6. The molecule has 0 bridgehead atoms. The number of amides is 1. The Labute approximate surface area is 165 Å². The Hall–Kier alpha value is -2.40. The number of nitrogens with one attached hydrogen (secondary N) is 1. The molecule has 1 fully saturated rings. The van der Waals surface area contributed by atoms with E-state index in [4.69, 9.17) is 4.74 Å². The third-order valence-electron chi connectivity index (χ3n) is 5.76. The van der Waals surface area contributed by atoms with Gasteiger partial charge >= 0.3 is 0 Å². The maximum Gasteiger partial charge on any atom is 0.251 e. The SMILES string of the molecule is O=C(NCCN1CCC(Oc2ccc(F)c3c2CCC3)CC1)c1ccccc1. The Balaban J connectivity index is 1.21. The number of nitrogens with zero attached hydrogens (tertiary/aromatic N) is 1. The molecule has 0 aromatic heterocycles. The number of piperidine rings is 1. The van der Waals surface area contributed by atoms with Crippen LogP contribution in [0.1, 0.15) is 40.7 Å². The minimum atomic E-state index is -0.0905. The molecule has 1 N–H and O–H groups in total. The van der Waals surface area contributed by atoms with Crippen molar-refractivity contribution in [2.75, 3.05) is 26.2 Å². The van der Waals surface area contributed by atoms with E-state index < -0.39 is 0 Å². The Morgan fingerprint density at radius 2 is 1.82 bits per heavy atom. The minimum absolute atomic E-state index is 0.0241. The quantitative estimate of drug-likeness (QED) is 0.830. The fourth-order valence-corrected chi connectivity index (χ4v) is 4.19. The van der Waals surface area contributed by atoms with Crippen LogP contribution in [0.5, 0.6) is 5.75 Å². The van der Waals surface area contributed by atoms with E-state index in [0.717, 1.165) is 68.6 Å². The summed E-state index contributed by atoms with van der Waals surface area (Å²) >= 11 is 0. The lowest BCUT2D eigenvalue weighted by atomic mass is 10.1. The van der Waals surface area contributed by atoms with Gasteiger partial charge in [-0.1, -0.05) is 18.2 Å². The number of carbonyl (C=O) groups is 1. The lowest BCUT2D eigenvalue weighted by Crippen LogP contribution is -2.42. The predicted octanol–water partition coefficient (Wildman–Crippen LogP) is 3.59. The molecule has 2 aromatic carbocycles. The molecule has 1 saturated heterocycles. The zero-order valence-corrected chi connectivity index (χ0v) is 16.1. The number of benzene rings is 2. The van der Waals surface area contributed by atoms with Gasteiger partial charge in [-0.05, 0) is 61.9 Å². The number of ether oxygens (including phenoxy) is 1. The van der Waals surface area contributed by atoms with Crippen LogP contribution in [0.3, 0.4) is 0 Å². The highest BCUT2D eigenvalue weighted by molar-refractivity contribution is 5.94. The van der Waals surface area contributed by atoms with Crippen molar-refractivity contribution in [3.8, 4) is 5.75 Å². The molecule has 5 heteroatoms. The molecule has 0 spiro atoms. The third-order valence-corrected chi connectivity index (χ3v) is 5.76. The molecule has 1 aliphatic carbocycles. The molecular formula is C23H27FN2O2. The van der Waals surface area contributed by atoms with E-state index in [-0.39, 0.29) is 17.8 Å². The average Bonchev–Trinajstić information content (AvgIpc) is 3.23. The topological polar surface area (TPSA) is 41.6 Å². The second-order valence-corrected chi connectivity index (χ2v) is 7.64. The number of fused-ring (bicyclic) bond motifs is 1. The Bertz CT molecular complexity index is 817. The number of likely N-dealkylation sites (tertiary alicyclic amines) is 1. The van der Waals surface area contributed by atoms with Crippen molar-refractivity contribution in [1.29, 1.82) is 0 Å². The molecular weight excluding hydrogens is 355 g/mol. The maximum atomic E-state index is 13.9. The van der Waals surface area contributed by atoms with E-state index in [9.17, 15) is 9.18 Å². The second kappa shape index (κ2) is 8.74. The molecule has 1 amide bonds. The fourth-order valence-electron chi connectivity index (χ4n) is 4.19. The van der Waals surface area contributed by atoms with Gasteiger partial charge in [-0.2, -0.15) is 0 Å². The van der Waals surface area contributed by atoms with Gasteiger partial charge in [0.15, 0.2) is 0 Å². The van der Waals surface area contributed by atoms with Crippen LogP contribution < -0.4 is 10.1 Å². The van der Waals surface area contributed by atoms with Crippen LogP contribution in [-0.2, 0) is 12.8 Å². The van der Waals surface area contributed by atoms with Gasteiger partial charge in [0.25, 0.3) is 5.91 Å². The first kappa shape index (κ1) is 18.9. The summed E-state index contributed by atoms with van der Waals surface area (Å²) in [5.41, 5.74) is 2.62. The molecule has 1 aliphatic heterocycles. The van der Waals surface area contributed by atoms with Crippen molar-refractivity contribution in [2.45, 2.75) is 38.2 Å². The molecule has 0 radical (unpaired) electrons. The summed E-state index contributed by atoms with van der Waals surface area (Å²) < 4.78 is 20.1. The zero-order chi connectivity index (χ0) is 19.3. The van der Waals surface area contributed by atoms with Crippen LogP contribution in [0.4, 0.5) is 4.39 Å². The Morgan fingerprint density at radius 1 is 1.07 bits per heavy atom. The van der Waals surface area contributed by atoms with Gasteiger partial charge in [0.2, 0.25) is 0 Å². The normalized spacial score (nSPS) is 17.3. The molecule has 4 nitrogen and oxygen atoms in total. The van der Waals surface area contributed by atoms with Gasteiger partial charge in [-0.15, -0.1) is 0 Å². The molecule has 0 saturated carbocycles. The highest BCUT2D eigenvalue weighted by Crippen LogP contribution is 2.34. The van der Waals surface area contributed by atoms with Crippen molar-refractivity contribution in [1.82, 2.24) is 10.2 Å². The predicted molar refractivity (Wildman–Crippen MR) is 107 cm³/mol. The summed E-state index contributed by atoms with van der Waals surface area (Å²) in [4.78, 5) is 14.4. The van der Waals surface area contributed by atoms with E-state index in [1.54, 1.807) is 12.1 Å². The van der Waals surface area contributed by atoms with E-state index in [2.05, 4.69) is 10.2 Å². The van der Waals surface area contributed by atoms with Crippen molar-refractivity contribution in [3.63, 3.8) is 0 Å². The maximum absolute atomic E-state index is 13.9. The van der Waals surface area contributed by atoms with Gasteiger partial charge in [0.05, 0.1) is 0 Å². The highest BCUT2D eigenvalue weighted by Gasteiger charge is 2.24. The van der Waals surface area contributed by atoms with Crippen LogP contribution in [-0.4, -0.2) is 43.1 Å². The molecule has 4 rings (SSSR count). The zero-order valence-electron chi connectivity index (χ0n) is 16.1. The summed E-state index contributed by atoms with van der Waals surface area (Å²) in [6.07, 6.45) is 4.86. The third kappa shape index (κ3) is 4.36. The smallest absolute Gasteiger partial charge is 0.251 e. The molecule has 148 valence electrons. The minimum Gasteiger partial charge on any atom is -0.490 e. The number of hydrogen-bond acceptors (Lipinski definition) is 3. The summed E-state index contributed by atoms with van der Waals surface area (Å²) in [7, 11) is 0. The lowest BCUT2D eigenvalue weighted by molar-refractivity contribution is 0.0903. The van der Waals surface area contributed by atoms with E-state index in [1.807, 2.05) is 30.3 Å². The number of hydrogen-bond donors (Lipinski definition) is 1. The van der Waals surface area contributed by atoms with Crippen LogP contribution in [0, 0.1) is 5.82 Å². The number of carbonyl (C=O) groups excluding carboxylic acids is 1. The van der Waals surface area contributed by atoms with E-state index >= 15 is 0 Å². The van der Waals surface area contributed by atoms with Gasteiger partial charge in [-0.25, -0.2) is 4.39 Å². The van der Waals surface area contributed by atoms with Gasteiger partial charge in [0.1, 0.15) is 17.7 Å². The lowest BCUT2D eigenvalue weighted by Gasteiger charge is -2.32. The van der Waals surface area contributed by atoms with E-state index in [1.165, 1.54) is 0 Å². The molecule has 2 aliphatic rings. The first-order valence-corrected chi connectivity index (χ1v) is 10.2. The monoisotopic (exact) mass is 382 g/mol.